The first kappa shape index (κ1) is 13.2. The lowest BCUT2D eigenvalue weighted by Gasteiger charge is -2.06. The Kier molecular flexibility index (Phi) is 6.11. The summed E-state index contributed by atoms with van der Waals surface area (Å²) in [5.74, 6) is 0.0317. The second-order valence-corrected chi connectivity index (χ2v) is 4.40. The maximum absolute atomic E-state index is 11.4. The molecule has 0 radical (unpaired) electrons. The van der Waals surface area contributed by atoms with Gasteiger partial charge in [-0.05, 0) is 24.5 Å². The minimum absolute atomic E-state index is 0.0317. The fourth-order valence-corrected chi connectivity index (χ4v) is 1.75. The molecular formula is C12H16BrNO2. The molecule has 0 saturated heterocycles. The van der Waals surface area contributed by atoms with E-state index in [1.165, 1.54) is 0 Å². The van der Waals surface area contributed by atoms with Gasteiger partial charge in [0.2, 0.25) is 5.91 Å². The number of benzene rings is 1. The number of aliphatic hydroxyl groups is 1. The number of carbonyl (C=O) groups is 1. The van der Waals surface area contributed by atoms with Crippen LogP contribution in [0.3, 0.4) is 0 Å². The second-order valence-electron chi connectivity index (χ2n) is 3.55. The number of amides is 1. The zero-order valence-corrected chi connectivity index (χ0v) is 10.7. The van der Waals surface area contributed by atoms with Gasteiger partial charge in [0.25, 0.3) is 0 Å². The van der Waals surface area contributed by atoms with Crippen molar-refractivity contribution in [2.24, 2.45) is 0 Å². The third-order valence-corrected chi connectivity index (χ3v) is 3.02. The van der Waals surface area contributed by atoms with Gasteiger partial charge in [0.05, 0.1) is 0 Å². The normalized spacial score (nSPS) is 10.1. The Morgan fingerprint density at radius 3 is 2.75 bits per heavy atom. The molecule has 0 fully saturated rings. The maximum atomic E-state index is 11.4. The molecule has 3 nitrogen and oxygen atoms in total. The number of carbonyl (C=O) groups excluding carboxylic acids is 1. The van der Waals surface area contributed by atoms with Crippen molar-refractivity contribution in [2.45, 2.75) is 25.8 Å². The van der Waals surface area contributed by atoms with Crippen molar-refractivity contribution < 1.29 is 9.90 Å². The number of hydrogen-bond acceptors (Lipinski definition) is 2. The van der Waals surface area contributed by atoms with Crippen molar-refractivity contribution in [2.75, 3.05) is 6.61 Å². The van der Waals surface area contributed by atoms with Crippen LogP contribution < -0.4 is 5.32 Å². The summed E-state index contributed by atoms with van der Waals surface area (Å²) in [7, 11) is 0. The Balaban J connectivity index is 2.29. The summed E-state index contributed by atoms with van der Waals surface area (Å²) in [6.45, 7) is 0.691. The monoisotopic (exact) mass is 285 g/mol. The predicted octanol–water partition coefficient (Wildman–Crippen LogP) is 2.23. The molecule has 2 N–H and O–H groups in total. The molecule has 0 heterocycles. The number of nitrogens with one attached hydrogen (secondary N) is 1. The van der Waals surface area contributed by atoms with Gasteiger partial charge in [-0.3, -0.25) is 4.79 Å². The van der Waals surface area contributed by atoms with Crippen molar-refractivity contribution in [1.29, 1.82) is 0 Å². The summed E-state index contributed by atoms with van der Waals surface area (Å²) >= 11 is 3.43. The molecule has 0 bridgehead atoms. The van der Waals surface area contributed by atoms with Crippen molar-refractivity contribution in [1.82, 2.24) is 5.32 Å². The molecule has 1 aromatic carbocycles. The Hall–Kier alpha value is -0.870. The summed E-state index contributed by atoms with van der Waals surface area (Å²) in [6.07, 6.45) is 1.89. The maximum Gasteiger partial charge on any atom is 0.220 e. The third kappa shape index (κ3) is 4.77. The molecule has 0 aliphatic rings. The first-order valence-electron chi connectivity index (χ1n) is 5.35. The van der Waals surface area contributed by atoms with Crippen LogP contribution >= 0.6 is 15.9 Å². The highest BCUT2D eigenvalue weighted by molar-refractivity contribution is 9.10. The van der Waals surface area contributed by atoms with Gasteiger partial charge in [0.15, 0.2) is 0 Å². The van der Waals surface area contributed by atoms with Crippen LogP contribution in [-0.2, 0) is 11.3 Å². The first-order valence-corrected chi connectivity index (χ1v) is 6.14. The van der Waals surface area contributed by atoms with Gasteiger partial charge in [-0.1, -0.05) is 34.1 Å². The molecule has 16 heavy (non-hydrogen) atoms. The minimum atomic E-state index is 0.0317. The lowest BCUT2D eigenvalue weighted by molar-refractivity contribution is -0.121. The molecule has 88 valence electrons. The van der Waals surface area contributed by atoms with Gasteiger partial charge < -0.3 is 10.4 Å². The van der Waals surface area contributed by atoms with E-state index in [1.54, 1.807) is 0 Å². The smallest absolute Gasteiger partial charge is 0.220 e. The van der Waals surface area contributed by atoms with Crippen LogP contribution in [0.4, 0.5) is 0 Å². The van der Waals surface area contributed by atoms with Crippen molar-refractivity contribution >= 4 is 21.8 Å². The highest BCUT2D eigenvalue weighted by Crippen LogP contribution is 2.15. The molecule has 0 aliphatic carbocycles. The first-order chi connectivity index (χ1) is 7.74. The van der Waals surface area contributed by atoms with Crippen molar-refractivity contribution in [3.05, 3.63) is 34.3 Å². The molecule has 1 amide bonds. The van der Waals surface area contributed by atoms with Gasteiger partial charge in [-0.15, -0.1) is 0 Å². The lowest BCUT2D eigenvalue weighted by atomic mass is 10.2. The summed E-state index contributed by atoms with van der Waals surface area (Å²) in [6, 6.07) is 7.81. The second kappa shape index (κ2) is 7.41. The molecule has 0 saturated carbocycles. The van der Waals surface area contributed by atoms with Gasteiger partial charge in [0.1, 0.15) is 0 Å². The fourth-order valence-electron chi connectivity index (χ4n) is 1.32. The zero-order chi connectivity index (χ0) is 11.8. The number of aliphatic hydroxyl groups excluding tert-OH is 1. The van der Waals surface area contributed by atoms with E-state index in [-0.39, 0.29) is 12.5 Å². The van der Waals surface area contributed by atoms with Crippen molar-refractivity contribution in [3.8, 4) is 0 Å². The molecule has 0 atom stereocenters. The Bertz CT molecular complexity index is 342. The molecule has 0 aromatic heterocycles. The van der Waals surface area contributed by atoms with Gasteiger partial charge in [-0.25, -0.2) is 0 Å². The molecule has 0 unspecified atom stereocenters. The quantitative estimate of drug-likeness (QED) is 0.788. The topological polar surface area (TPSA) is 49.3 Å². The van der Waals surface area contributed by atoms with E-state index >= 15 is 0 Å². The number of rotatable bonds is 6. The van der Waals surface area contributed by atoms with Crippen LogP contribution in [0, 0.1) is 0 Å². The Labute approximate surface area is 104 Å². The summed E-state index contributed by atoms with van der Waals surface area (Å²) in [4.78, 5) is 11.4. The highest BCUT2D eigenvalue weighted by atomic mass is 79.9. The van der Waals surface area contributed by atoms with E-state index in [4.69, 9.17) is 5.11 Å². The van der Waals surface area contributed by atoms with E-state index in [0.29, 0.717) is 19.4 Å². The number of hydrogen-bond donors (Lipinski definition) is 2. The molecule has 1 rings (SSSR count). The Morgan fingerprint density at radius 1 is 1.31 bits per heavy atom. The summed E-state index contributed by atoms with van der Waals surface area (Å²) in [5.41, 5.74) is 1.07. The zero-order valence-electron chi connectivity index (χ0n) is 9.08. The average Bonchev–Trinajstić information content (AvgIpc) is 2.28. The minimum Gasteiger partial charge on any atom is -0.396 e. The van der Waals surface area contributed by atoms with Crippen LogP contribution in [0.5, 0.6) is 0 Å². The molecule has 0 spiro atoms. The number of halogens is 1. The molecule has 1 aromatic rings. The largest absolute Gasteiger partial charge is 0.396 e. The molecule has 4 heteroatoms. The van der Waals surface area contributed by atoms with E-state index in [9.17, 15) is 4.79 Å². The van der Waals surface area contributed by atoms with E-state index < -0.39 is 0 Å². The fraction of sp³-hybridized carbons (Fsp3) is 0.417. The van der Waals surface area contributed by atoms with Gasteiger partial charge in [0, 0.05) is 24.0 Å². The van der Waals surface area contributed by atoms with Gasteiger partial charge in [-0.2, -0.15) is 0 Å². The average molecular weight is 286 g/mol. The predicted molar refractivity (Wildman–Crippen MR) is 66.9 cm³/mol. The van der Waals surface area contributed by atoms with Crippen LogP contribution in [0.2, 0.25) is 0 Å². The van der Waals surface area contributed by atoms with E-state index in [1.807, 2.05) is 24.3 Å². The third-order valence-electron chi connectivity index (χ3n) is 2.25. The summed E-state index contributed by atoms with van der Waals surface area (Å²) in [5, 5.41) is 11.4. The standard InChI is InChI=1S/C12H16BrNO2/c13-11-6-2-1-5-10(11)9-14-12(16)7-3-4-8-15/h1-2,5-6,15H,3-4,7-9H2,(H,14,16). The number of unbranched alkanes of at least 4 members (excludes halogenated alkanes) is 1. The van der Waals surface area contributed by atoms with E-state index in [0.717, 1.165) is 16.5 Å². The lowest BCUT2D eigenvalue weighted by Crippen LogP contribution is -2.22. The Morgan fingerprint density at radius 2 is 2.06 bits per heavy atom. The van der Waals surface area contributed by atoms with Crippen LogP contribution in [0.1, 0.15) is 24.8 Å². The van der Waals surface area contributed by atoms with Crippen molar-refractivity contribution in [3.63, 3.8) is 0 Å². The summed E-state index contributed by atoms with van der Waals surface area (Å²) < 4.78 is 1.01. The molecule has 0 aliphatic heterocycles. The molecular weight excluding hydrogens is 270 g/mol. The highest BCUT2D eigenvalue weighted by Gasteiger charge is 2.02. The van der Waals surface area contributed by atoms with Crippen LogP contribution in [0.15, 0.2) is 28.7 Å². The SMILES string of the molecule is O=C(CCCCO)NCc1ccccc1Br. The van der Waals surface area contributed by atoms with Crippen LogP contribution in [-0.4, -0.2) is 17.6 Å². The van der Waals surface area contributed by atoms with E-state index in [2.05, 4.69) is 21.2 Å². The van der Waals surface area contributed by atoms with Crippen LogP contribution in [0.25, 0.3) is 0 Å². The van der Waals surface area contributed by atoms with Gasteiger partial charge >= 0.3 is 0 Å².